The van der Waals surface area contributed by atoms with E-state index in [0.29, 0.717) is 5.84 Å². The van der Waals surface area contributed by atoms with Gasteiger partial charge in [0.2, 0.25) is 0 Å². The molecule has 0 aromatic rings. The number of hydrogen-bond acceptors (Lipinski definition) is 2. The third kappa shape index (κ3) is 1.04. The zero-order valence-electron chi connectivity index (χ0n) is 4.72. The smallest absolute Gasteiger partial charge is 0.110 e. The third-order valence-corrected chi connectivity index (χ3v) is 1.78. The van der Waals surface area contributed by atoms with Gasteiger partial charge in [0.25, 0.3) is 0 Å². The van der Waals surface area contributed by atoms with Gasteiger partial charge in [-0.05, 0) is 5.41 Å². The summed E-state index contributed by atoms with van der Waals surface area (Å²) >= 11 is 1.66. The monoisotopic (exact) mass is 128 g/mol. The lowest BCUT2D eigenvalue weighted by atomic mass is 10.6. The average Bonchev–Trinajstić information content (AvgIpc) is 1.77. The molecule has 0 aliphatic carbocycles. The van der Waals surface area contributed by atoms with Gasteiger partial charge in [0.05, 0.1) is 5.75 Å². The first-order chi connectivity index (χ1) is 3.80. The minimum atomic E-state index is 0.678. The molecule has 1 aliphatic heterocycles. The molecule has 0 aromatic heterocycles. The van der Waals surface area contributed by atoms with Crippen LogP contribution in [0.5, 0.6) is 0 Å². The van der Waals surface area contributed by atoms with E-state index in [1.54, 1.807) is 11.8 Å². The standard InChI is InChI=1S/C5H8N2S/c1-7-2-3-8-4-5(7)6/h2-3,6H,4H2,1H3. The molecule has 0 saturated carbocycles. The van der Waals surface area contributed by atoms with Crippen molar-refractivity contribution in [2.24, 2.45) is 0 Å². The molecule has 0 saturated heterocycles. The maximum absolute atomic E-state index is 7.25. The number of nitrogens with zero attached hydrogens (tertiary/aromatic N) is 1. The second-order valence-electron chi connectivity index (χ2n) is 1.65. The summed E-state index contributed by atoms with van der Waals surface area (Å²) in [6, 6.07) is 0. The third-order valence-electron chi connectivity index (χ3n) is 1.03. The van der Waals surface area contributed by atoms with E-state index in [0.717, 1.165) is 5.75 Å². The van der Waals surface area contributed by atoms with Gasteiger partial charge in [0, 0.05) is 13.2 Å². The normalized spacial score (nSPS) is 19.6. The van der Waals surface area contributed by atoms with Crippen molar-refractivity contribution in [2.75, 3.05) is 12.8 Å². The highest BCUT2D eigenvalue weighted by Crippen LogP contribution is 2.09. The first kappa shape index (κ1) is 5.69. The molecule has 0 spiro atoms. The van der Waals surface area contributed by atoms with Gasteiger partial charge < -0.3 is 4.90 Å². The molecule has 44 valence electrons. The lowest BCUT2D eigenvalue weighted by Crippen LogP contribution is -2.23. The molecule has 3 heteroatoms. The van der Waals surface area contributed by atoms with E-state index in [-0.39, 0.29) is 0 Å². The van der Waals surface area contributed by atoms with Crippen LogP contribution in [0, 0.1) is 5.41 Å². The molecule has 0 bridgehead atoms. The molecule has 1 N–H and O–H groups in total. The Morgan fingerprint density at radius 3 is 3.00 bits per heavy atom. The molecule has 0 radical (unpaired) electrons. The Labute approximate surface area is 53.1 Å². The van der Waals surface area contributed by atoms with Crippen molar-refractivity contribution in [1.82, 2.24) is 4.90 Å². The predicted octanol–water partition coefficient (Wildman–Crippen LogP) is 1.11. The van der Waals surface area contributed by atoms with E-state index >= 15 is 0 Å². The molecule has 1 rings (SSSR count). The van der Waals surface area contributed by atoms with Gasteiger partial charge in [0.1, 0.15) is 5.84 Å². The summed E-state index contributed by atoms with van der Waals surface area (Å²) < 4.78 is 0. The summed E-state index contributed by atoms with van der Waals surface area (Å²) in [4.78, 5) is 1.82. The predicted molar refractivity (Wildman–Crippen MR) is 37.1 cm³/mol. The van der Waals surface area contributed by atoms with Crippen molar-refractivity contribution in [3.63, 3.8) is 0 Å². The van der Waals surface area contributed by atoms with Crippen LogP contribution in [0.25, 0.3) is 0 Å². The first-order valence-electron chi connectivity index (χ1n) is 2.39. The minimum absolute atomic E-state index is 0.678. The highest BCUT2D eigenvalue weighted by atomic mass is 32.2. The fraction of sp³-hybridized carbons (Fsp3) is 0.400. The molecular formula is C5H8N2S. The number of nitrogens with one attached hydrogen (secondary N) is 1. The molecule has 0 amide bonds. The zero-order valence-corrected chi connectivity index (χ0v) is 5.53. The quantitative estimate of drug-likeness (QED) is 0.529. The van der Waals surface area contributed by atoms with E-state index in [4.69, 9.17) is 5.41 Å². The second-order valence-corrected chi connectivity index (χ2v) is 2.55. The highest BCUT2D eigenvalue weighted by Gasteiger charge is 2.03. The van der Waals surface area contributed by atoms with Crippen molar-refractivity contribution >= 4 is 17.6 Å². The summed E-state index contributed by atoms with van der Waals surface area (Å²) in [5, 5.41) is 9.25. The van der Waals surface area contributed by atoms with Gasteiger partial charge in [-0.2, -0.15) is 0 Å². The van der Waals surface area contributed by atoms with Crippen LogP contribution in [0.15, 0.2) is 11.6 Å². The van der Waals surface area contributed by atoms with E-state index in [1.807, 2.05) is 23.6 Å². The highest BCUT2D eigenvalue weighted by molar-refractivity contribution is 8.02. The Morgan fingerprint density at radius 2 is 2.62 bits per heavy atom. The average molecular weight is 128 g/mol. The molecule has 0 atom stereocenters. The molecule has 0 fully saturated rings. The molecular weight excluding hydrogens is 120 g/mol. The topological polar surface area (TPSA) is 27.1 Å². The number of rotatable bonds is 0. The Bertz CT molecular complexity index is 130. The van der Waals surface area contributed by atoms with Crippen LogP contribution < -0.4 is 0 Å². The molecule has 8 heavy (non-hydrogen) atoms. The lowest BCUT2D eigenvalue weighted by Gasteiger charge is -2.17. The summed E-state index contributed by atoms with van der Waals surface area (Å²) in [5.41, 5.74) is 0. The van der Waals surface area contributed by atoms with Crippen LogP contribution in [-0.4, -0.2) is 23.5 Å². The van der Waals surface area contributed by atoms with Crippen LogP contribution >= 0.6 is 11.8 Å². The summed E-state index contributed by atoms with van der Waals surface area (Å²) in [5.74, 6) is 1.49. The SMILES string of the molecule is CN1C=CSCC1=N. The first-order valence-corrected chi connectivity index (χ1v) is 3.44. The van der Waals surface area contributed by atoms with Gasteiger partial charge >= 0.3 is 0 Å². The Hall–Kier alpha value is -0.440. The van der Waals surface area contributed by atoms with Crippen molar-refractivity contribution in [3.8, 4) is 0 Å². The Kier molecular flexibility index (Phi) is 1.58. The van der Waals surface area contributed by atoms with Gasteiger partial charge in [-0.1, -0.05) is 0 Å². The van der Waals surface area contributed by atoms with Crippen LogP contribution in [0.4, 0.5) is 0 Å². The molecule has 0 unspecified atom stereocenters. The van der Waals surface area contributed by atoms with Crippen LogP contribution in [-0.2, 0) is 0 Å². The van der Waals surface area contributed by atoms with E-state index in [1.165, 1.54) is 0 Å². The zero-order chi connectivity index (χ0) is 5.98. The van der Waals surface area contributed by atoms with Crippen molar-refractivity contribution in [1.29, 1.82) is 5.41 Å². The van der Waals surface area contributed by atoms with E-state index in [9.17, 15) is 0 Å². The van der Waals surface area contributed by atoms with Gasteiger partial charge in [-0.25, -0.2) is 0 Å². The van der Waals surface area contributed by atoms with Crippen molar-refractivity contribution in [2.45, 2.75) is 0 Å². The summed E-state index contributed by atoms with van der Waals surface area (Å²) in [7, 11) is 1.89. The summed E-state index contributed by atoms with van der Waals surface area (Å²) in [6.45, 7) is 0. The fourth-order valence-electron chi connectivity index (χ4n) is 0.453. The number of hydrogen-bond donors (Lipinski definition) is 1. The largest absolute Gasteiger partial charge is 0.339 e. The molecule has 1 heterocycles. The van der Waals surface area contributed by atoms with E-state index in [2.05, 4.69) is 0 Å². The van der Waals surface area contributed by atoms with E-state index < -0.39 is 0 Å². The fourth-order valence-corrected chi connectivity index (χ4v) is 1.18. The van der Waals surface area contributed by atoms with Gasteiger partial charge in [-0.15, -0.1) is 11.8 Å². The maximum atomic E-state index is 7.25. The van der Waals surface area contributed by atoms with Gasteiger partial charge in [-0.3, -0.25) is 5.41 Å². The number of thioether (sulfide) groups is 1. The van der Waals surface area contributed by atoms with Gasteiger partial charge in [0.15, 0.2) is 0 Å². The Balaban J connectivity index is 2.60. The Morgan fingerprint density at radius 1 is 1.88 bits per heavy atom. The second kappa shape index (κ2) is 2.22. The lowest BCUT2D eigenvalue weighted by molar-refractivity contribution is 0.678. The molecule has 0 aromatic carbocycles. The van der Waals surface area contributed by atoms with Crippen molar-refractivity contribution in [3.05, 3.63) is 11.6 Å². The minimum Gasteiger partial charge on any atom is -0.339 e. The van der Waals surface area contributed by atoms with Crippen LogP contribution in [0.1, 0.15) is 0 Å². The van der Waals surface area contributed by atoms with Crippen molar-refractivity contribution < 1.29 is 0 Å². The maximum Gasteiger partial charge on any atom is 0.110 e. The number of amidine groups is 1. The molecule has 2 nitrogen and oxygen atoms in total. The molecule has 1 aliphatic rings. The van der Waals surface area contributed by atoms with Crippen LogP contribution in [0.3, 0.4) is 0 Å². The van der Waals surface area contributed by atoms with Crippen LogP contribution in [0.2, 0.25) is 0 Å². The summed E-state index contributed by atoms with van der Waals surface area (Å²) in [6.07, 6.45) is 1.90.